The van der Waals surface area contributed by atoms with Crippen molar-refractivity contribution in [3.8, 4) is 11.5 Å². The third-order valence-electron chi connectivity index (χ3n) is 3.98. The lowest BCUT2D eigenvalue weighted by molar-refractivity contribution is 0.226. The third kappa shape index (κ3) is 4.81. The van der Waals surface area contributed by atoms with Crippen molar-refractivity contribution in [2.75, 3.05) is 45.2 Å². The highest BCUT2D eigenvalue weighted by atomic mass is 16.5. The minimum Gasteiger partial charge on any atom is -0.490 e. The number of nitrogens with one attached hydrogen (secondary N) is 1. The first-order chi connectivity index (χ1) is 10.2. The molecule has 4 heteroatoms. The van der Waals surface area contributed by atoms with Crippen LogP contribution in [-0.4, -0.2) is 44.8 Å². The second kappa shape index (κ2) is 8.13. The molecule has 0 bridgehead atoms. The Hall–Kier alpha value is -1.42. The number of hydrogen-bond acceptors (Lipinski definition) is 4. The molecule has 118 valence electrons. The summed E-state index contributed by atoms with van der Waals surface area (Å²) in [5.41, 5.74) is 1.11. The molecule has 0 atom stereocenters. The molecule has 21 heavy (non-hydrogen) atoms. The third-order valence-corrected chi connectivity index (χ3v) is 3.98. The number of likely N-dealkylation sites (tertiary alicyclic amines) is 1. The van der Waals surface area contributed by atoms with Gasteiger partial charge >= 0.3 is 0 Å². The molecule has 1 saturated heterocycles. The van der Waals surface area contributed by atoms with Crippen LogP contribution < -0.4 is 14.8 Å². The molecule has 1 aromatic carbocycles. The Morgan fingerprint density at radius 2 is 1.76 bits per heavy atom. The minimum absolute atomic E-state index is 0.651. The fourth-order valence-electron chi connectivity index (χ4n) is 2.69. The first-order valence-electron chi connectivity index (χ1n) is 8.05. The molecule has 1 N–H and O–H groups in total. The summed E-state index contributed by atoms with van der Waals surface area (Å²) < 4.78 is 11.3. The van der Waals surface area contributed by atoms with Crippen LogP contribution in [-0.2, 0) is 0 Å². The Labute approximate surface area is 128 Å². The number of nitrogens with zero attached hydrogens (tertiary/aromatic N) is 1. The highest BCUT2D eigenvalue weighted by Crippen LogP contribution is 2.31. The molecule has 1 aliphatic rings. The summed E-state index contributed by atoms with van der Waals surface area (Å²) in [6.45, 7) is 8.74. The van der Waals surface area contributed by atoms with E-state index in [2.05, 4.69) is 23.3 Å². The van der Waals surface area contributed by atoms with E-state index < -0.39 is 0 Å². The molecule has 1 heterocycles. The lowest BCUT2D eigenvalue weighted by Gasteiger charge is -2.29. The monoisotopic (exact) mass is 292 g/mol. The van der Waals surface area contributed by atoms with Crippen LogP contribution >= 0.6 is 0 Å². The highest BCUT2D eigenvalue weighted by Gasteiger charge is 2.16. The Morgan fingerprint density at radius 1 is 1.10 bits per heavy atom. The van der Waals surface area contributed by atoms with Crippen LogP contribution in [0.5, 0.6) is 11.5 Å². The van der Waals surface area contributed by atoms with Crippen LogP contribution in [0, 0.1) is 5.92 Å². The summed E-state index contributed by atoms with van der Waals surface area (Å²) in [6, 6.07) is 6.11. The largest absolute Gasteiger partial charge is 0.490 e. The van der Waals surface area contributed by atoms with E-state index in [1.807, 2.05) is 26.0 Å². The smallest absolute Gasteiger partial charge is 0.163 e. The predicted octanol–water partition coefficient (Wildman–Crippen LogP) is 3.24. The molecule has 1 fully saturated rings. The zero-order valence-electron chi connectivity index (χ0n) is 13.5. The molecular weight excluding hydrogens is 264 g/mol. The standard InChI is InChI=1S/C17H28N2O2/c1-4-20-16-7-6-15(12-17(16)21-5-2)18-13-14-8-10-19(3)11-9-14/h6-7,12,14,18H,4-5,8-11,13H2,1-3H3. The summed E-state index contributed by atoms with van der Waals surface area (Å²) in [6.07, 6.45) is 2.55. The van der Waals surface area contributed by atoms with E-state index in [1.54, 1.807) is 0 Å². The molecule has 0 saturated carbocycles. The predicted molar refractivity (Wildman–Crippen MR) is 87.5 cm³/mol. The van der Waals surface area contributed by atoms with Gasteiger partial charge in [-0.05, 0) is 64.9 Å². The minimum atomic E-state index is 0.651. The van der Waals surface area contributed by atoms with Crippen molar-refractivity contribution in [2.24, 2.45) is 5.92 Å². The summed E-state index contributed by atoms with van der Waals surface area (Å²) in [4.78, 5) is 2.40. The van der Waals surface area contributed by atoms with Crippen molar-refractivity contribution in [1.29, 1.82) is 0 Å². The van der Waals surface area contributed by atoms with Gasteiger partial charge in [0, 0.05) is 18.3 Å². The number of rotatable bonds is 7. The molecule has 1 aromatic rings. The van der Waals surface area contributed by atoms with E-state index in [0.717, 1.165) is 29.6 Å². The van der Waals surface area contributed by atoms with Crippen molar-refractivity contribution in [3.05, 3.63) is 18.2 Å². The zero-order valence-corrected chi connectivity index (χ0v) is 13.5. The maximum Gasteiger partial charge on any atom is 0.163 e. The number of piperidine rings is 1. The number of ether oxygens (including phenoxy) is 2. The van der Waals surface area contributed by atoms with Crippen molar-refractivity contribution in [2.45, 2.75) is 26.7 Å². The first-order valence-corrected chi connectivity index (χ1v) is 8.05. The molecule has 0 unspecified atom stereocenters. The van der Waals surface area contributed by atoms with Crippen molar-refractivity contribution >= 4 is 5.69 Å². The van der Waals surface area contributed by atoms with Crippen LogP contribution in [0.25, 0.3) is 0 Å². The lowest BCUT2D eigenvalue weighted by Crippen LogP contribution is -2.32. The zero-order chi connectivity index (χ0) is 15.1. The molecule has 2 rings (SSSR count). The summed E-state index contributed by atoms with van der Waals surface area (Å²) in [5.74, 6) is 2.42. The normalized spacial score (nSPS) is 16.7. The van der Waals surface area contributed by atoms with E-state index in [0.29, 0.717) is 13.2 Å². The van der Waals surface area contributed by atoms with E-state index in [9.17, 15) is 0 Å². The quantitative estimate of drug-likeness (QED) is 0.836. The summed E-state index contributed by atoms with van der Waals surface area (Å²) >= 11 is 0. The first kappa shape index (κ1) is 16.0. The number of benzene rings is 1. The van der Waals surface area contributed by atoms with E-state index >= 15 is 0 Å². The molecule has 4 nitrogen and oxygen atoms in total. The number of anilines is 1. The lowest BCUT2D eigenvalue weighted by atomic mass is 9.97. The second-order valence-corrected chi connectivity index (χ2v) is 5.66. The average molecular weight is 292 g/mol. The summed E-state index contributed by atoms with van der Waals surface area (Å²) in [7, 11) is 2.20. The van der Waals surface area contributed by atoms with Gasteiger partial charge in [-0.2, -0.15) is 0 Å². The Kier molecular flexibility index (Phi) is 6.18. The van der Waals surface area contributed by atoms with Crippen LogP contribution in [0.3, 0.4) is 0 Å². The van der Waals surface area contributed by atoms with Gasteiger partial charge in [0.15, 0.2) is 11.5 Å². The highest BCUT2D eigenvalue weighted by molar-refractivity contribution is 5.54. The molecule has 0 aliphatic carbocycles. The van der Waals surface area contributed by atoms with Gasteiger partial charge in [0.2, 0.25) is 0 Å². The van der Waals surface area contributed by atoms with Gasteiger partial charge < -0.3 is 19.7 Å². The maximum atomic E-state index is 5.66. The average Bonchev–Trinajstić information content (AvgIpc) is 2.49. The molecule has 0 radical (unpaired) electrons. The molecule has 0 aromatic heterocycles. The fraction of sp³-hybridized carbons (Fsp3) is 0.647. The molecular formula is C17H28N2O2. The second-order valence-electron chi connectivity index (χ2n) is 5.66. The van der Waals surface area contributed by atoms with E-state index in [-0.39, 0.29) is 0 Å². The van der Waals surface area contributed by atoms with Crippen LogP contribution in [0.4, 0.5) is 5.69 Å². The van der Waals surface area contributed by atoms with Crippen molar-refractivity contribution in [1.82, 2.24) is 4.90 Å². The maximum absolute atomic E-state index is 5.66. The summed E-state index contributed by atoms with van der Waals surface area (Å²) in [5, 5.41) is 3.54. The van der Waals surface area contributed by atoms with Crippen molar-refractivity contribution < 1.29 is 9.47 Å². The number of hydrogen-bond donors (Lipinski definition) is 1. The van der Waals surface area contributed by atoms with Gasteiger partial charge in [0.05, 0.1) is 13.2 Å². The van der Waals surface area contributed by atoms with Gasteiger partial charge in [-0.25, -0.2) is 0 Å². The van der Waals surface area contributed by atoms with Gasteiger partial charge in [-0.15, -0.1) is 0 Å². The van der Waals surface area contributed by atoms with E-state index in [1.165, 1.54) is 25.9 Å². The van der Waals surface area contributed by atoms with Crippen LogP contribution in [0.1, 0.15) is 26.7 Å². The molecule has 1 aliphatic heterocycles. The van der Waals surface area contributed by atoms with E-state index in [4.69, 9.17) is 9.47 Å². The van der Waals surface area contributed by atoms with Crippen LogP contribution in [0.15, 0.2) is 18.2 Å². The van der Waals surface area contributed by atoms with Crippen LogP contribution in [0.2, 0.25) is 0 Å². The van der Waals surface area contributed by atoms with Gasteiger partial charge in [-0.1, -0.05) is 0 Å². The Bertz CT molecular complexity index is 429. The van der Waals surface area contributed by atoms with Gasteiger partial charge in [-0.3, -0.25) is 0 Å². The molecule has 0 spiro atoms. The SMILES string of the molecule is CCOc1ccc(NCC2CCN(C)CC2)cc1OCC. The van der Waals surface area contributed by atoms with Gasteiger partial charge in [0.25, 0.3) is 0 Å². The Balaban J connectivity index is 1.92. The van der Waals surface area contributed by atoms with Crippen molar-refractivity contribution in [3.63, 3.8) is 0 Å². The Morgan fingerprint density at radius 3 is 2.43 bits per heavy atom. The van der Waals surface area contributed by atoms with Gasteiger partial charge in [0.1, 0.15) is 0 Å². The fourth-order valence-corrected chi connectivity index (χ4v) is 2.69. The topological polar surface area (TPSA) is 33.7 Å². The molecule has 0 amide bonds.